The smallest absolute Gasteiger partial charge is 0.194 e. The first-order valence-electron chi connectivity index (χ1n) is 8.96. The molecule has 4 rings (SSSR count). The van der Waals surface area contributed by atoms with E-state index in [1.807, 2.05) is 37.4 Å². The van der Waals surface area contributed by atoms with Crippen molar-refractivity contribution in [2.45, 2.75) is 19.4 Å². The Morgan fingerprint density at radius 1 is 1.20 bits per heavy atom. The second kappa shape index (κ2) is 6.92. The average Bonchev–Trinajstić information content (AvgIpc) is 3.39. The van der Waals surface area contributed by atoms with Gasteiger partial charge in [-0.3, -0.25) is 4.99 Å². The van der Waals surface area contributed by atoms with Crippen LogP contribution >= 0.6 is 0 Å². The van der Waals surface area contributed by atoms with E-state index in [9.17, 15) is 0 Å². The average molecular weight is 339 g/mol. The number of hydrogen-bond donors (Lipinski definition) is 1. The maximum Gasteiger partial charge on any atom is 0.194 e. The van der Waals surface area contributed by atoms with E-state index in [1.165, 1.54) is 12.8 Å². The molecule has 0 saturated carbocycles. The fraction of sp³-hybridized carbons (Fsp3) is 0.450. The lowest BCUT2D eigenvalue weighted by molar-refractivity contribution is 0.156. The van der Waals surface area contributed by atoms with Crippen LogP contribution in [0.1, 0.15) is 18.6 Å². The van der Waals surface area contributed by atoms with Crippen LogP contribution in [0.3, 0.4) is 0 Å². The van der Waals surface area contributed by atoms with E-state index in [0.29, 0.717) is 12.0 Å². The number of aliphatic imine (C=N–C) groups is 1. The largest absolute Gasteiger partial charge is 0.459 e. The van der Waals surface area contributed by atoms with E-state index in [4.69, 9.17) is 9.15 Å². The van der Waals surface area contributed by atoms with Crippen molar-refractivity contribution in [2.75, 3.05) is 33.4 Å². The Balaban J connectivity index is 1.37. The lowest BCUT2D eigenvalue weighted by Crippen LogP contribution is -2.41. The minimum Gasteiger partial charge on any atom is -0.459 e. The quantitative estimate of drug-likeness (QED) is 0.689. The normalized spacial score (nSPS) is 23.6. The standard InChI is InChI=1S/C20H25N3O2/c1-21-19(23-11-9-20(14-23)10-12-24-15-20)22-13-17-7-8-18(25-17)16-5-3-2-4-6-16/h2-8H,9-15H2,1H3,(H,21,22). The van der Waals surface area contributed by atoms with Gasteiger partial charge in [0.1, 0.15) is 11.5 Å². The van der Waals surface area contributed by atoms with Gasteiger partial charge in [0.2, 0.25) is 0 Å². The van der Waals surface area contributed by atoms with Crippen LogP contribution in [0.5, 0.6) is 0 Å². The molecule has 2 aromatic rings. The van der Waals surface area contributed by atoms with Gasteiger partial charge in [-0.2, -0.15) is 0 Å². The molecule has 2 aliphatic heterocycles. The minimum absolute atomic E-state index is 0.336. The molecule has 0 bridgehead atoms. The zero-order chi connectivity index (χ0) is 17.1. The second-order valence-electron chi connectivity index (χ2n) is 7.01. The summed E-state index contributed by atoms with van der Waals surface area (Å²) in [7, 11) is 1.84. The molecule has 5 heteroatoms. The van der Waals surface area contributed by atoms with Crippen LogP contribution in [0.4, 0.5) is 0 Å². The Morgan fingerprint density at radius 2 is 2.08 bits per heavy atom. The lowest BCUT2D eigenvalue weighted by Gasteiger charge is -2.24. The summed E-state index contributed by atoms with van der Waals surface area (Å²) in [5.41, 5.74) is 1.43. The zero-order valence-corrected chi connectivity index (χ0v) is 14.7. The van der Waals surface area contributed by atoms with Crippen LogP contribution in [-0.4, -0.2) is 44.2 Å². The Bertz CT molecular complexity index is 732. The maximum absolute atomic E-state index is 5.96. The van der Waals surface area contributed by atoms with Crippen molar-refractivity contribution in [3.05, 3.63) is 48.2 Å². The SMILES string of the molecule is CN=C(NCc1ccc(-c2ccccc2)o1)N1CCC2(CCOC2)C1. The van der Waals surface area contributed by atoms with E-state index >= 15 is 0 Å². The Kier molecular flexibility index (Phi) is 4.49. The van der Waals surface area contributed by atoms with Gasteiger partial charge >= 0.3 is 0 Å². The second-order valence-corrected chi connectivity index (χ2v) is 7.01. The van der Waals surface area contributed by atoms with Gasteiger partial charge in [0.15, 0.2) is 5.96 Å². The Labute approximate surface area is 148 Å². The van der Waals surface area contributed by atoms with Crippen molar-refractivity contribution >= 4 is 5.96 Å². The van der Waals surface area contributed by atoms with Gasteiger partial charge in [0, 0.05) is 37.7 Å². The highest BCUT2D eigenvalue weighted by molar-refractivity contribution is 5.80. The molecule has 132 valence electrons. The highest BCUT2D eigenvalue weighted by Crippen LogP contribution is 2.38. The van der Waals surface area contributed by atoms with E-state index in [0.717, 1.165) is 49.3 Å². The highest BCUT2D eigenvalue weighted by Gasteiger charge is 2.42. The summed E-state index contributed by atoms with van der Waals surface area (Å²) in [5, 5.41) is 3.44. The van der Waals surface area contributed by atoms with E-state index in [1.54, 1.807) is 0 Å². The molecule has 0 radical (unpaired) electrons. The first-order valence-corrected chi connectivity index (χ1v) is 8.96. The van der Waals surface area contributed by atoms with E-state index in [-0.39, 0.29) is 0 Å². The summed E-state index contributed by atoms with van der Waals surface area (Å²) in [4.78, 5) is 6.80. The van der Waals surface area contributed by atoms with Gasteiger partial charge < -0.3 is 19.4 Å². The molecule has 1 N–H and O–H groups in total. The fourth-order valence-corrected chi connectivity index (χ4v) is 3.82. The van der Waals surface area contributed by atoms with Gasteiger partial charge in [0.05, 0.1) is 13.2 Å². The predicted octanol–water partition coefficient (Wildman–Crippen LogP) is 3.13. The van der Waals surface area contributed by atoms with Gasteiger partial charge in [0.25, 0.3) is 0 Å². The summed E-state index contributed by atoms with van der Waals surface area (Å²) < 4.78 is 11.6. The number of ether oxygens (including phenoxy) is 1. The molecule has 1 aromatic carbocycles. The monoisotopic (exact) mass is 339 g/mol. The zero-order valence-electron chi connectivity index (χ0n) is 14.7. The number of guanidine groups is 1. The molecule has 1 atom stereocenters. The number of benzene rings is 1. The number of nitrogens with one attached hydrogen (secondary N) is 1. The first kappa shape index (κ1) is 16.2. The minimum atomic E-state index is 0.336. The first-order chi connectivity index (χ1) is 12.3. The molecule has 2 fully saturated rings. The summed E-state index contributed by atoms with van der Waals surface area (Å²) in [5.74, 6) is 2.76. The molecule has 0 aliphatic carbocycles. The number of rotatable bonds is 3. The molecule has 1 spiro atoms. The molecule has 2 aliphatic rings. The lowest BCUT2D eigenvalue weighted by atomic mass is 9.87. The molecule has 0 amide bonds. The third-order valence-corrected chi connectivity index (χ3v) is 5.28. The van der Waals surface area contributed by atoms with E-state index in [2.05, 4.69) is 27.3 Å². The molecular weight excluding hydrogens is 314 g/mol. The van der Waals surface area contributed by atoms with Gasteiger partial charge in [-0.05, 0) is 25.0 Å². The van der Waals surface area contributed by atoms with E-state index < -0.39 is 0 Å². The predicted molar refractivity (Wildman–Crippen MR) is 98.4 cm³/mol. The maximum atomic E-state index is 5.96. The van der Waals surface area contributed by atoms with Crippen molar-refractivity contribution < 1.29 is 9.15 Å². The van der Waals surface area contributed by atoms with Crippen LogP contribution in [0, 0.1) is 5.41 Å². The number of furan rings is 1. The Morgan fingerprint density at radius 3 is 2.84 bits per heavy atom. The van der Waals surface area contributed by atoms with Gasteiger partial charge in [-0.1, -0.05) is 30.3 Å². The van der Waals surface area contributed by atoms with Crippen molar-refractivity contribution in [1.82, 2.24) is 10.2 Å². The van der Waals surface area contributed by atoms with Crippen LogP contribution in [0.15, 0.2) is 51.9 Å². The molecular formula is C20H25N3O2. The highest BCUT2D eigenvalue weighted by atomic mass is 16.5. The summed E-state index contributed by atoms with van der Waals surface area (Å²) >= 11 is 0. The summed E-state index contributed by atoms with van der Waals surface area (Å²) in [6, 6.07) is 14.2. The van der Waals surface area contributed by atoms with Gasteiger partial charge in [-0.25, -0.2) is 0 Å². The van der Waals surface area contributed by atoms with Crippen molar-refractivity contribution in [2.24, 2.45) is 10.4 Å². The van der Waals surface area contributed by atoms with Crippen molar-refractivity contribution in [3.8, 4) is 11.3 Å². The third kappa shape index (κ3) is 3.42. The van der Waals surface area contributed by atoms with Crippen LogP contribution in [0.25, 0.3) is 11.3 Å². The Hall–Kier alpha value is -2.27. The summed E-state index contributed by atoms with van der Waals surface area (Å²) in [6.45, 7) is 4.49. The van der Waals surface area contributed by atoms with Crippen LogP contribution in [-0.2, 0) is 11.3 Å². The van der Waals surface area contributed by atoms with Crippen LogP contribution < -0.4 is 5.32 Å². The molecule has 1 aromatic heterocycles. The molecule has 1 unspecified atom stereocenters. The number of nitrogens with zero attached hydrogens (tertiary/aromatic N) is 2. The summed E-state index contributed by atoms with van der Waals surface area (Å²) in [6.07, 6.45) is 2.35. The third-order valence-electron chi connectivity index (χ3n) is 5.28. The fourth-order valence-electron chi connectivity index (χ4n) is 3.82. The van der Waals surface area contributed by atoms with Crippen molar-refractivity contribution in [3.63, 3.8) is 0 Å². The number of hydrogen-bond acceptors (Lipinski definition) is 3. The van der Waals surface area contributed by atoms with Crippen LogP contribution in [0.2, 0.25) is 0 Å². The molecule has 5 nitrogen and oxygen atoms in total. The molecule has 3 heterocycles. The molecule has 2 saturated heterocycles. The topological polar surface area (TPSA) is 50.0 Å². The molecule has 25 heavy (non-hydrogen) atoms. The van der Waals surface area contributed by atoms with Gasteiger partial charge in [-0.15, -0.1) is 0 Å². The number of likely N-dealkylation sites (tertiary alicyclic amines) is 1. The van der Waals surface area contributed by atoms with Crippen molar-refractivity contribution in [1.29, 1.82) is 0 Å².